The van der Waals surface area contributed by atoms with Gasteiger partial charge in [-0.25, -0.2) is 8.78 Å². The zero-order valence-corrected chi connectivity index (χ0v) is 11.4. The van der Waals surface area contributed by atoms with Crippen LogP contribution in [-0.4, -0.2) is 10.1 Å². The Kier molecular flexibility index (Phi) is 4.44. The first kappa shape index (κ1) is 14.6. The van der Waals surface area contributed by atoms with Crippen molar-refractivity contribution in [3.05, 3.63) is 47.1 Å². The van der Waals surface area contributed by atoms with E-state index in [1.54, 1.807) is 0 Å². The average Bonchev–Trinajstić information content (AvgIpc) is 2.84. The van der Waals surface area contributed by atoms with Crippen LogP contribution in [0.4, 0.5) is 8.78 Å². The van der Waals surface area contributed by atoms with Crippen LogP contribution in [0.25, 0.3) is 0 Å². The fourth-order valence-electron chi connectivity index (χ4n) is 1.87. The molecule has 0 saturated heterocycles. The predicted octanol–water partition coefficient (Wildman–Crippen LogP) is 2.98. The molecule has 0 spiro atoms. The fourth-order valence-corrected chi connectivity index (χ4v) is 1.87. The minimum Gasteiger partial charge on any atom is -0.338 e. The molecule has 0 amide bonds. The van der Waals surface area contributed by atoms with Crippen molar-refractivity contribution >= 4 is 0 Å². The highest BCUT2D eigenvalue weighted by Gasteiger charge is 2.20. The second-order valence-corrected chi connectivity index (χ2v) is 4.91. The Hall–Kier alpha value is -1.82. The van der Waals surface area contributed by atoms with Gasteiger partial charge in [0.05, 0.1) is 6.04 Å². The van der Waals surface area contributed by atoms with Crippen LogP contribution in [0.15, 0.2) is 22.7 Å². The molecule has 0 aliphatic rings. The number of halogens is 2. The van der Waals surface area contributed by atoms with Gasteiger partial charge in [-0.2, -0.15) is 4.98 Å². The van der Waals surface area contributed by atoms with E-state index in [4.69, 9.17) is 10.3 Å². The summed E-state index contributed by atoms with van der Waals surface area (Å²) >= 11 is 0. The summed E-state index contributed by atoms with van der Waals surface area (Å²) in [5, 5.41) is 3.80. The summed E-state index contributed by atoms with van der Waals surface area (Å²) in [6, 6.07) is 2.98. The lowest BCUT2D eigenvalue weighted by atomic mass is 10.0. The van der Waals surface area contributed by atoms with E-state index in [0.29, 0.717) is 17.3 Å². The van der Waals surface area contributed by atoms with Crippen molar-refractivity contribution in [3.63, 3.8) is 0 Å². The van der Waals surface area contributed by atoms with Crippen LogP contribution in [0, 0.1) is 17.6 Å². The van der Waals surface area contributed by atoms with Crippen LogP contribution in [0.1, 0.15) is 43.6 Å². The monoisotopic (exact) mass is 281 g/mol. The summed E-state index contributed by atoms with van der Waals surface area (Å²) in [7, 11) is 0. The Balaban J connectivity index is 2.13. The lowest BCUT2D eigenvalue weighted by Crippen LogP contribution is -2.18. The third kappa shape index (κ3) is 3.39. The molecule has 0 aliphatic carbocycles. The van der Waals surface area contributed by atoms with Crippen molar-refractivity contribution in [3.8, 4) is 0 Å². The minimum absolute atomic E-state index is 0.200. The van der Waals surface area contributed by atoms with Gasteiger partial charge in [0.15, 0.2) is 5.82 Å². The molecule has 0 unspecified atom stereocenters. The van der Waals surface area contributed by atoms with Crippen LogP contribution in [0.5, 0.6) is 0 Å². The molecule has 0 aliphatic heterocycles. The van der Waals surface area contributed by atoms with Gasteiger partial charge in [-0.3, -0.25) is 0 Å². The number of rotatable bonds is 5. The molecule has 20 heavy (non-hydrogen) atoms. The number of benzene rings is 1. The zero-order chi connectivity index (χ0) is 14.7. The van der Waals surface area contributed by atoms with Gasteiger partial charge in [0.1, 0.15) is 11.6 Å². The molecule has 0 saturated carbocycles. The van der Waals surface area contributed by atoms with Crippen LogP contribution in [0.2, 0.25) is 0 Å². The molecule has 2 aromatic rings. The van der Waals surface area contributed by atoms with Crippen LogP contribution in [-0.2, 0) is 6.42 Å². The van der Waals surface area contributed by atoms with E-state index >= 15 is 0 Å². The van der Waals surface area contributed by atoms with Crippen LogP contribution in [0.3, 0.4) is 0 Å². The van der Waals surface area contributed by atoms with E-state index in [1.165, 1.54) is 12.1 Å². The second kappa shape index (κ2) is 6.09. The highest BCUT2D eigenvalue weighted by atomic mass is 19.1. The predicted molar refractivity (Wildman–Crippen MR) is 69.8 cm³/mol. The maximum absolute atomic E-state index is 13.1. The Labute approximate surface area is 116 Å². The first-order valence-electron chi connectivity index (χ1n) is 6.52. The van der Waals surface area contributed by atoms with E-state index in [0.717, 1.165) is 12.5 Å². The van der Waals surface area contributed by atoms with Crippen LogP contribution >= 0.6 is 0 Å². The summed E-state index contributed by atoms with van der Waals surface area (Å²) in [6.07, 6.45) is 1.10. The van der Waals surface area contributed by atoms with Gasteiger partial charge >= 0.3 is 0 Å². The van der Waals surface area contributed by atoms with Gasteiger partial charge in [0.25, 0.3) is 0 Å². The molecule has 1 heterocycles. The molecule has 2 atom stereocenters. The zero-order valence-electron chi connectivity index (χ0n) is 11.4. The van der Waals surface area contributed by atoms with Crippen molar-refractivity contribution < 1.29 is 13.3 Å². The second-order valence-electron chi connectivity index (χ2n) is 4.91. The molecule has 1 aromatic heterocycles. The van der Waals surface area contributed by atoms with Gasteiger partial charge in [-0.1, -0.05) is 25.4 Å². The number of nitrogens with two attached hydrogens (primary N) is 1. The first-order chi connectivity index (χ1) is 9.49. The summed E-state index contributed by atoms with van der Waals surface area (Å²) in [5.74, 6) is -0.315. The molecular formula is C14H17F2N3O. The maximum Gasteiger partial charge on any atom is 0.243 e. The largest absolute Gasteiger partial charge is 0.338 e. The minimum atomic E-state index is -0.625. The third-order valence-corrected chi connectivity index (χ3v) is 3.31. The Morgan fingerprint density at radius 3 is 2.50 bits per heavy atom. The highest BCUT2D eigenvalue weighted by Crippen LogP contribution is 2.20. The first-order valence-corrected chi connectivity index (χ1v) is 6.52. The van der Waals surface area contributed by atoms with E-state index in [9.17, 15) is 8.78 Å². The van der Waals surface area contributed by atoms with Crippen LogP contribution < -0.4 is 5.73 Å². The molecule has 0 radical (unpaired) electrons. The molecule has 4 nitrogen and oxygen atoms in total. The number of aromatic nitrogens is 2. The lowest BCUT2D eigenvalue weighted by Gasteiger charge is -2.12. The molecule has 2 rings (SSSR count). The Morgan fingerprint density at radius 1 is 1.25 bits per heavy atom. The topological polar surface area (TPSA) is 64.9 Å². The van der Waals surface area contributed by atoms with Crippen molar-refractivity contribution in [1.82, 2.24) is 10.1 Å². The van der Waals surface area contributed by atoms with Gasteiger partial charge in [-0.05, 0) is 23.6 Å². The number of hydrogen-bond donors (Lipinski definition) is 1. The quantitative estimate of drug-likeness (QED) is 0.915. The van der Waals surface area contributed by atoms with Crippen molar-refractivity contribution in [2.45, 2.75) is 32.7 Å². The molecule has 2 N–H and O–H groups in total. The molecule has 0 bridgehead atoms. The van der Waals surface area contributed by atoms with E-state index in [2.05, 4.69) is 10.1 Å². The van der Waals surface area contributed by atoms with Crippen molar-refractivity contribution in [2.75, 3.05) is 0 Å². The summed E-state index contributed by atoms with van der Waals surface area (Å²) in [6.45, 7) is 4.02. The lowest BCUT2D eigenvalue weighted by molar-refractivity contribution is 0.310. The third-order valence-electron chi connectivity index (χ3n) is 3.31. The molecule has 0 fully saturated rings. The maximum atomic E-state index is 13.1. The number of hydrogen-bond acceptors (Lipinski definition) is 4. The van der Waals surface area contributed by atoms with E-state index in [-0.39, 0.29) is 18.4 Å². The van der Waals surface area contributed by atoms with E-state index in [1.807, 2.05) is 13.8 Å². The molecule has 6 heteroatoms. The van der Waals surface area contributed by atoms with Gasteiger partial charge < -0.3 is 10.3 Å². The summed E-state index contributed by atoms with van der Waals surface area (Å²) in [4.78, 5) is 4.19. The molecular weight excluding hydrogens is 264 g/mol. The Morgan fingerprint density at radius 2 is 1.90 bits per heavy atom. The smallest absolute Gasteiger partial charge is 0.243 e. The molecule has 108 valence electrons. The fraction of sp³-hybridized carbons (Fsp3) is 0.429. The van der Waals surface area contributed by atoms with Gasteiger partial charge in [-0.15, -0.1) is 0 Å². The van der Waals surface area contributed by atoms with Gasteiger partial charge in [0, 0.05) is 12.5 Å². The highest BCUT2D eigenvalue weighted by molar-refractivity contribution is 5.21. The van der Waals surface area contributed by atoms with E-state index < -0.39 is 11.6 Å². The SMILES string of the molecule is CC[C@H](C)[C@H](N)c1nc(Cc2cc(F)cc(F)c2)no1. The molecule has 1 aromatic carbocycles. The standard InChI is InChI=1S/C14H17F2N3O/c1-3-8(2)13(17)14-18-12(19-20-14)6-9-4-10(15)7-11(16)5-9/h4-5,7-8,13H,3,6,17H2,1-2H3/t8-,13-/m0/s1. The van der Waals surface area contributed by atoms with Crippen molar-refractivity contribution in [2.24, 2.45) is 11.7 Å². The Bertz CT molecular complexity index is 565. The summed E-state index contributed by atoms with van der Waals surface area (Å²) in [5.41, 5.74) is 6.44. The average molecular weight is 281 g/mol. The number of nitrogens with zero attached hydrogens (tertiary/aromatic N) is 2. The normalized spacial score (nSPS) is 14.2. The summed E-state index contributed by atoms with van der Waals surface area (Å²) < 4.78 is 31.3. The van der Waals surface area contributed by atoms with Crippen molar-refractivity contribution in [1.29, 1.82) is 0 Å². The van der Waals surface area contributed by atoms with Gasteiger partial charge in [0.2, 0.25) is 5.89 Å².